The molecule has 4 rings (SSSR count). The highest BCUT2D eigenvalue weighted by atomic mass is 32.1. The van der Waals surface area contributed by atoms with Crippen LogP contribution in [0, 0.1) is 0 Å². The Morgan fingerprint density at radius 3 is 2.34 bits per heavy atom. The van der Waals surface area contributed by atoms with Crippen LogP contribution in [0.2, 0.25) is 0 Å². The van der Waals surface area contributed by atoms with Crippen LogP contribution in [-0.2, 0) is 20.8 Å². The van der Waals surface area contributed by atoms with Crippen LogP contribution in [0.5, 0.6) is 5.75 Å². The maximum Gasteiger partial charge on any atom is 0.338 e. The third-order valence-corrected chi connectivity index (χ3v) is 6.32. The van der Waals surface area contributed by atoms with Gasteiger partial charge in [-0.3, -0.25) is 9.59 Å². The van der Waals surface area contributed by atoms with Crippen molar-refractivity contribution in [2.24, 2.45) is 4.99 Å². The second-order valence-electron chi connectivity index (χ2n) is 7.50. The molecule has 8 nitrogen and oxygen atoms in total. The third-order valence-electron chi connectivity index (χ3n) is 5.28. The highest BCUT2D eigenvalue weighted by Gasteiger charge is 2.17. The van der Waals surface area contributed by atoms with Crippen LogP contribution in [0.4, 0.5) is 0 Å². The van der Waals surface area contributed by atoms with Crippen molar-refractivity contribution in [3.05, 3.63) is 70.5 Å². The van der Waals surface area contributed by atoms with Gasteiger partial charge < -0.3 is 18.8 Å². The molecule has 0 aliphatic rings. The molecule has 0 bridgehead atoms. The summed E-state index contributed by atoms with van der Waals surface area (Å²) >= 11 is 1.19. The number of thiazole rings is 1. The highest BCUT2D eigenvalue weighted by molar-refractivity contribution is 7.16. The molecule has 35 heavy (non-hydrogen) atoms. The average molecular weight is 493 g/mol. The Hall–Kier alpha value is -3.98. The van der Waals surface area contributed by atoms with Crippen molar-refractivity contribution in [3.8, 4) is 5.75 Å². The van der Waals surface area contributed by atoms with Crippen molar-refractivity contribution in [3.63, 3.8) is 0 Å². The van der Waals surface area contributed by atoms with Gasteiger partial charge in [0.05, 0.1) is 41.7 Å². The van der Waals surface area contributed by atoms with E-state index in [1.54, 1.807) is 48.7 Å². The van der Waals surface area contributed by atoms with E-state index in [1.165, 1.54) is 18.4 Å². The second-order valence-corrected chi connectivity index (χ2v) is 8.50. The van der Waals surface area contributed by atoms with E-state index in [0.717, 1.165) is 10.8 Å². The molecule has 1 aromatic heterocycles. The summed E-state index contributed by atoms with van der Waals surface area (Å²) in [7, 11) is 1.50. The number of esters is 2. The molecule has 0 aliphatic heterocycles. The third kappa shape index (κ3) is 5.09. The Morgan fingerprint density at radius 2 is 1.66 bits per heavy atom. The van der Waals surface area contributed by atoms with Crippen LogP contribution < -0.4 is 9.54 Å². The van der Waals surface area contributed by atoms with Crippen LogP contribution >= 0.6 is 11.3 Å². The number of amides is 1. The largest absolute Gasteiger partial charge is 0.496 e. The topological polar surface area (TPSA) is 96.2 Å². The van der Waals surface area contributed by atoms with E-state index >= 15 is 0 Å². The molecule has 0 unspecified atom stereocenters. The van der Waals surface area contributed by atoms with Crippen molar-refractivity contribution in [2.75, 3.05) is 20.3 Å². The van der Waals surface area contributed by atoms with Crippen molar-refractivity contribution >= 4 is 50.2 Å². The summed E-state index contributed by atoms with van der Waals surface area (Å²) in [6.07, 6.45) is 0. The summed E-state index contributed by atoms with van der Waals surface area (Å²) in [4.78, 5) is 42.4. The monoisotopic (exact) mass is 492 g/mol. The molecule has 0 spiro atoms. The van der Waals surface area contributed by atoms with Gasteiger partial charge >= 0.3 is 11.9 Å². The van der Waals surface area contributed by atoms with Gasteiger partial charge in [-0.15, -0.1) is 0 Å². The first-order valence-corrected chi connectivity index (χ1v) is 11.9. The van der Waals surface area contributed by atoms with Crippen LogP contribution in [0.1, 0.15) is 34.6 Å². The first-order valence-electron chi connectivity index (χ1n) is 11.1. The van der Waals surface area contributed by atoms with Gasteiger partial charge in [0.15, 0.2) is 4.80 Å². The lowest BCUT2D eigenvalue weighted by molar-refractivity contribution is -0.143. The van der Waals surface area contributed by atoms with Gasteiger partial charge in [-0.25, -0.2) is 4.79 Å². The lowest BCUT2D eigenvalue weighted by atomic mass is 10.1. The first kappa shape index (κ1) is 24.2. The van der Waals surface area contributed by atoms with E-state index < -0.39 is 17.8 Å². The number of fused-ring (bicyclic) bond motifs is 2. The van der Waals surface area contributed by atoms with Gasteiger partial charge in [0.25, 0.3) is 5.91 Å². The number of aromatic nitrogens is 1. The number of hydrogen-bond acceptors (Lipinski definition) is 7. The van der Waals surface area contributed by atoms with Crippen LogP contribution in [0.3, 0.4) is 0 Å². The van der Waals surface area contributed by atoms with Crippen molar-refractivity contribution in [1.29, 1.82) is 0 Å². The fourth-order valence-corrected chi connectivity index (χ4v) is 4.76. The molecular weight excluding hydrogens is 468 g/mol. The summed E-state index contributed by atoms with van der Waals surface area (Å²) in [5.74, 6) is -1.02. The van der Waals surface area contributed by atoms with E-state index in [9.17, 15) is 14.4 Å². The highest BCUT2D eigenvalue weighted by Crippen LogP contribution is 2.27. The predicted molar refractivity (Wildman–Crippen MR) is 133 cm³/mol. The van der Waals surface area contributed by atoms with Gasteiger partial charge in [-0.2, -0.15) is 4.99 Å². The molecule has 0 N–H and O–H groups in total. The van der Waals surface area contributed by atoms with Crippen LogP contribution in [0.15, 0.2) is 59.6 Å². The quantitative estimate of drug-likeness (QED) is 0.356. The first-order chi connectivity index (χ1) is 16.9. The maximum absolute atomic E-state index is 13.3. The molecule has 0 saturated heterocycles. The summed E-state index contributed by atoms with van der Waals surface area (Å²) in [5.41, 5.74) is 1.32. The van der Waals surface area contributed by atoms with Gasteiger partial charge in [0, 0.05) is 0 Å². The average Bonchev–Trinajstić information content (AvgIpc) is 3.19. The molecule has 0 atom stereocenters. The lowest BCUT2D eigenvalue weighted by Gasteiger charge is -2.08. The van der Waals surface area contributed by atoms with Crippen LogP contribution in [-0.4, -0.2) is 42.7 Å². The van der Waals surface area contributed by atoms with E-state index in [1.807, 2.05) is 24.3 Å². The minimum atomic E-state index is -0.512. The summed E-state index contributed by atoms with van der Waals surface area (Å²) in [5, 5.41) is 1.81. The Bertz CT molecular complexity index is 1500. The van der Waals surface area contributed by atoms with E-state index in [4.69, 9.17) is 14.2 Å². The number of ether oxygens (including phenoxy) is 3. The second kappa shape index (κ2) is 10.5. The fourth-order valence-electron chi connectivity index (χ4n) is 3.69. The van der Waals surface area contributed by atoms with Crippen molar-refractivity contribution in [1.82, 2.24) is 4.57 Å². The predicted octanol–water partition coefficient (Wildman–Crippen LogP) is 4.35. The van der Waals surface area contributed by atoms with E-state index in [-0.39, 0.29) is 19.8 Å². The molecule has 1 heterocycles. The number of carbonyl (C=O) groups excluding carboxylic acids is 3. The van der Waals surface area contributed by atoms with Crippen molar-refractivity contribution < 1.29 is 28.6 Å². The molecule has 0 radical (unpaired) electrons. The molecule has 0 fully saturated rings. The zero-order chi connectivity index (χ0) is 24.9. The Morgan fingerprint density at radius 1 is 0.943 bits per heavy atom. The number of benzene rings is 3. The van der Waals surface area contributed by atoms with E-state index in [0.29, 0.717) is 31.9 Å². The van der Waals surface area contributed by atoms with Gasteiger partial charge in [-0.1, -0.05) is 35.6 Å². The van der Waals surface area contributed by atoms with Gasteiger partial charge in [0.1, 0.15) is 12.3 Å². The minimum Gasteiger partial charge on any atom is -0.496 e. The summed E-state index contributed by atoms with van der Waals surface area (Å²) < 4.78 is 17.9. The normalized spacial score (nSPS) is 11.6. The molecular formula is C26H24N2O6S. The zero-order valence-corrected chi connectivity index (χ0v) is 20.4. The smallest absolute Gasteiger partial charge is 0.338 e. The summed E-state index contributed by atoms with van der Waals surface area (Å²) in [6.45, 7) is 3.81. The molecule has 0 saturated carbocycles. The number of rotatable bonds is 7. The molecule has 1 amide bonds. The number of methoxy groups -OCH3 is 1. The standard InChI is InChI=1S/C26H24N2O6S/c1-4-33-23(29)15-28-20-11-10-18(25(31)34-5-2)14-22(20)35-26(28)27-24(30)19-12-16-8-6-7-9-17(16)13-21(19)32-3/h6-14H,4-5,15H2,1-3H3. The molecule has 9 heteroatoms. The zero-order valence-electron chi connectivity index (χ0n) is 19.6. The van der Waals surface area contributed by atoms with Gasteiger partial charge in [-0.05, 0) is 55.0 Å². The minimum absolute atomic E-state index is 0.131. The van der Waals surface area contributed by atoms with E-state index in [2.05, 4.69) is 4.99 Å². The maximum atomic E-state index is 13.3. The van der Waals surface area contributed by atoms with Crippen molar-refractivity contribution in [2.45, 2.75) is 20.4 Å². The SMILES string of the molecule is CCOC(=O)Cn1c(=NC(=O)c2cc3ccccc3cc2OC)sc2cc(C(=O)OCC)ccc21. The lowest BCUT2D eigenvalue weighted by Crippen LogP contribution is -2.23. The summed E-state index contributed by atoms with van der Waals surface area (Å²) in [6, 6.07) is 16.2. The van der Waals surface area contributed by atoms with Gasteiger partial charge in [0.2, 0.25) is 0 Å². The Balaban J connectivity index is 1.85. The Labute approximate surface area is 205 Å². The number of hydrogen-bond donors (Lipinski definition) is 0. The molecule has 180 valence electrons. The number of nitrogens with zero attached hydrogens (tertiary/aromatic N) is 2. The number of carbonyl (C=O) groups is 3. The fraction of sp³-hybridized carbons (Fsp3) is 0.231. The molecule has 0 aliphatic carbocycles. The molecule has 3 aromatic carbocycles. The molecule has 4 aromatic rings. The Kier molecular flexibility index (Phi) is 7.26. The van der Waals surface area contributed by atoms with Crippen LogP contribution in [0.25, 0.3) is 21.0 Å².